The molecule has 150 valence electrons. The summed E-state index contributed by atoms with van der Waals surface area (Å²) < 4.78 is 11.3. The van der Waals surface area contributed by atoms with Crippen molar-refractivity contribution in [2.45, 2.75) is 31.9 Å². The van der Waals surface area contributed by atoms with Gasteiger partial charge in [0.25, 0.3) is 0 Å². The second-order valence-corrected chi connectivity index (χ2v) is 7.26. The predicted octanol–water partition coefficient (Wildman–Crippen LogP) is 1.97. The van der Waals surface area contributed by atoms with Gasteiger partial charge in [-0.15, -0.1) is 0 Å². The lowest BCUT2D eigenvalue weighted by molar-refractivity contribution is -0.0320. The Morgan fingerprint density at radius 3 is 2.59 bits per heavy atom. The highest BCUT2D eigenvalue weighted by molar-refractivity contribution is 5.79. The maximum atomic E-state index is 5.93. The Morgan fingerprint density at radius 1 is 1.15 bits per heavy atom. The Morgan fingerprint density at radius 2 is 1.89 bits per heavy atom. The molecule has 0 atom stereocenters. The fourth-order valence-electron chi connectivity index (χ4n) is 3.66. The van der Waals surface area contributed by atoms with E-state index in [1.54, 1.807) is 0 Å². The van der Waals surface area contributed by atoms with Crippen LogP contribution in [0, 0.1) is 0 Å². The average molecular weight is 375 g/mol. The number of rotatable bonds is 7. The summed E-state index contributed by atoms with van der Waals surface area (Å²) in [4.78, 5) is 9.34. The first-order valence-electron chi connectivity index (χ1n) is 10.3. The maximum Gasteiger partial charge on any atom is 0.193 e. The molecular formula is C21H34N4O2. The van der Waals surface area contributed by atoms with Crippen molar-refractivity contribution in [1.82, 2.24) is 15.1 Å². The van der Waals surface area contributed by atoms with Gasteiger partial charge in [-0.1, -0.05) is 30.3 Å². The molecule has 2 saturated heterocycles. The molecule has 0 bridgehead atoms. The van der Waals surface area contributed by atoms with Crippen molar-refractivity contribution in [2.75, 3.05) is 59.6 Å². The van der Waals surface area contributed by atoms with E-state index in [2.05, 4.69) is 50.4 Å². The Labute approximate surface area is 163 Å². The zero-order chi connectivity index (χ0) is 18.7. The number of guanidine groups is 1. The fourth-order valence-corrected chi connectivity index (χ4v) is 3.66. The smallest absolute Gasteiger partial charge is 0.193 e. The summed E-state index contributed by atoms with van der Waals surface area (Å²) >= 11 is 0. The van der Waals surface area contributed by atoms with Crippen LogP contribution < -0.4 is 5.32 Å². The lowest BCUT2D eigenvalue weighted by Gasteiger charge is -2.36. The van der Waals surface area contributed by atoms with Crippen LogP contribution in [0.25, 0.3) is 0 Å². The quantitative estimate of drug-likeness (QED) is 0.449. The Hall–Kier alpha value is -1.63. The predicted molar refractivity (Wildman–Crippen MR) is 109 cm³/mol. The summed E-state index contributed by atoms with van der Waals surface area (Å²) in [6.07, 6.45) is 3.45. The minimum atomic E-state index is 0.385. The van der Waals surface area contributed by atoms with Crippen molar-refractivity contribution in [3.05, 3.63) is 35.9 Å². The van der Waals surface area contributed by atoms with Crippen molar-refractivity contribution in [3.63, 3.8) is 0 Å². The van der Waals surface area contributed by atoms with Gasteiger partial charge in [-0.3, -0.25) is 9.89 Å². The van der Waals surface area contributed by atoms with Crippen LogP contribution >= 0.6 is 0 Å². The van der Waals surface area contributed by atoms with Crippen molar-refractivity contribution >= 4 is 5.96 Å². The molecule has 0 aliphatic carbocycles. The van der Waals surface area contributed by atoms with Crippen LogP contribution in [0.1, 0.15) is 24.8 Å². The minimum Gasteiger partial charge on any atom is -0.381 e. The molecule has 6 nitrogen and oxygen atoms in total. The highest BCUT2D eigenvalue weighted by atomic mass is 16.5. The van der Waals surface area contributed by atoms with E-state index in [0.717, 1.165) is 84.3 Å². The summed E-state index contributed by atoms with van der Waals surface area (Å²) in [6, 6.07) is 10.7. The van der Waals surface area contributed by atoms with Gasteiger partial charge in [-0.05, 0) is 24.8 Å². The molecule has 1 aromatic carbocycles. The molecule has 2 heterocycles. The second kappa shape index (κ2) is 11.3. The van der Waals surface area contributed by atoms with Gasteiger partial charge in [0.05, 0.1) is 6.10 Å². The highest BCUT2D eigenvalue weighted by Crippen LogP contribution is 2.11. The van der Waals surface area contributed by atoms with E-state index in [0.29, 0.717) is 6.10 Å². The largest absolute Gasteiger partial charge is 0.381 e. The van der Waals surface area contributed by atoms with Gasteiger partial charge in [-0.25, -0.2) is 0 Å². The molecule has 27 heavy (non-hydrogen) atoms. The molecule has 6 heteroatoms. The lowest BCUT2D eigenvalue weighted by atomic mass is 10.1. The van der Waals surface area contributed by atoms with Gasteiger partial charge in [-0.2, -0.15) is 0 Å². The molecule has 2 aliphatic rings. The van der Waals surface area contributed by atoms with Crippen LogP contribution in [0.15, 0.2) is 35.3 Å². The third-order valence-corrected chi connectivity index (χ3v) is 5.26. The Kier molecular flexibility index (Phi) is 8.39. The highest BCUT2D eigenvalue weighted by Gasteiger charge is 2.19. The molecule has 3 rings (SSSR count). The molecule has 2 aliphatic heterocycles. The zero-order valence-corrected chi connectivity index (χ0v) is 16.6. The number of piperazine rings is 1. The number of benzene rings is 1. The van der Waals surface area contributed by atoms with Crippen LogP contribution in [0.3, 0.4) is 0 Å². The van der Waals surface area contributed by atoms with Crippen molar-refractivity contribution < 1.29 is 9.47 Å². The van der Waals surface area contributed by atoms with Crippen LogP contribution in [0.4, 0.5) is 0 Å². The zero-order valence-electron chi connectivity index (χ0n) is 16.6. The number of nitrogens with zero attached hydrogens (tertiary/aromatic N) is 3. The van der Waals surface area contributed by atoms with E-state index in [1.165, 1.54) is 5.56 Å². The maximum absolute atomic E-state index is 5.93. The molecule has 0 saturated carbocycles. The average Bonchev–Trinajstić information content (AvgIpc) is 2.73. The minimum absolute atomic E-state index is 0.385. The molecule has 2 fully saturated rings. The van der Waals surface area contributed by atoms with Crippen LogP contribution in [-0.4, -0.2) is 81.5 Å². The third kappa shape index (κ3) is 6.79. The van der Waals surface area contributed by atoms with Crippen molar-refractivity contribution in [3.8, 4) is 0 Å². The molecule has 0 unspecified atom stereocenters. The van der Waals surface area contributed by atoms with E-state index >= 15 is 0 Å². The summed E-state index contributed by atoms with van der Waals surface area (Å²) in [6.45, 7) is 8.60. The van der Waals surface area contributed by atoms with Gasteiger partial charge < -0.3 is 19.7 Å². The second-order valence-electron chi connectivity index (χ2n) is 7.26. The molecular weight excluding hydrogens is 340 g/mol. The van der Waals surface area contributed by atoms with E-state index in [9.17, 15) is 0 Å². The number of nitrogens with one attached hydrogen (secondary N) is 1. The van der Waals surface area contributed by atoms with Crippen LogP contribution in [-0.2, 0) is 16.0 Å². The van der Waals surface area contributed by atoms with Crippen LogP contribution in [0.5, 0.6) is 0 Å². The summed E-state index contributed by atoms with van der Waals surface area (Å²) in [5, 5.41) is 3.49. The van der Waals surface area contributed by atoms with E-state index in [-0.39, 0.29) is 0 Å². The first kappa shape index (κ1) is 20.1. The van der Waals surface area contributed by atoms with E-state index in [1.807, 2.05) is 7.05 Å². The van der Waals surface area contributed by atoms with Gasteiger partial charge in [0.2, 0.25) is 0 Å². The molecule has 0 radical (unpaired) electrons. The summed E-state index contributed by atoms with van der Waals surface area (Å²) in [5.41, 5.74) is 1.39. The van der Waals surface area contributed by atoms with Gasteiger partial charge in [0, 0.05) is 66.1 Å². The van der Waals surface area contributed by atoms with Crippen LogP contribution in [0.2, 0.25) is 0 Å². The number of hydrogen-bond donors (Lipinski definition) is 1. The first-order valence-corrected chi connectivity index (χ1v) is 10.3. The number of hydrogen-bond acceptors (Lipinski definition) is 4. The molecule has 0 aromatic heterocycles. The molecule has 0 spiro atoms. The first-order chi connectivity index (χ1) is 13.3. The fraction of sp³-hybridized carbons (Fsp3) is 0.667. The summed E-state index contributed by atoms with van der Waals surface area (Å²) in [5.74, 6) is 1.01. The molecule has 0 amide bonds. The SMILES string of the molecule is CN=C(NCCCOC1CCOCC1)N1CCN(Cc2ccccc2)CC1. The molecule has 1 N–H and O–H groups in total. The lowest BCUT2D eigenvalue weighted by Crippen LogP contribution is -2.52. The normalized spacial score (nSPS) is 20.0. The summed E-state index contributed by atoms with van der Waals surface area (Å²) in [7, 11) is 1.87. The van der Waals surface area contributed by atoms with E-state index in [4.69, 9.17) is 9.47 Å². The molecule has 1 aromatic rings. The van der Waals surface area contributed by atoms with Gasteiger partial charge >= 0.3 is 0 Å². The Bertz CT molecular complexity index is 553. The van der Waals surface area contributed by atoms with Gasteiger partial charge in [0.1, 0.15) is 0 Å². The number of ether oxygens (including phenoxy) is 2. The van der Waals surface area contributed by atoms with Gasteiger partial charge in [0.15, 0.2) is 5.96 Å². The topological polar surface area (TPSA) is 49.3 Å². The number of aliphatic imine (C=N–C) groups is 1. The third-order valence-electron chi connectivity index (χ3n) is 5.26. The Balaban J connectivity index is 1.30. The van der Waals surface area contributed by atoms with Crippen molar-refractivity contribution in [1.29, 1.82) is 0 Å². The van der Waals surface area contributed by atoms with E-state index < -0.39 is 0 Å². The standard InChI is InChI=1S/C21H34N4O2/c1-22-21(23-10-5-15-27-20-8-16-26-17-9-20)25-13-11-24(12-14-25)18-19-6-3-2-4-7-19/h2-4,6-7,20H,5,8-18H2,1H3,(H,22,23). The van der Waals surface area contributed by atoms with Crippen molar-refractivity contribution in [2.24, 2.45) is 4.99 Å². The monoisotopic (exact) mass is 374 g/mol.